The second kappa shape index (κ2) is 7.36. The van der Waals surface area contributed by atoms with Gasteiger partial charge in [0.1, 0.15) is 5.75 Å². The average molecular weight is 389 g/mol. The van der Waals surface area contributed by atoms with Gasteiger partial charge in [0.2, 0.25) is 0 Å². The second-order valence-corrected chi connectivity index (χ2v) is 6.97. The van der Waals surface area contributed by atoms with Crippen LogP contribution in [-0.4, -0.2) is 36.0 Å². The predicted octanol–water partition coefficient (Wildman–Crippen LogP) is 3.17. The van der Waals surface area contributed by atoms with Crippen molar-refractivity contribution < 1.29 is 9.53 Å². The van der Waals surface area contributed by atoms with E-state index in [0.717, 1.165) is 4.47 Å². The number of ether oxygens (including phenoxy) is 1. The minimum absolute atomic E-state index is 0.0281. The van der Waals surface area contributed by atoms with Crippen molar-refractivity contribution in [1.29, 1.82) is 0 Å². The highest BCUT2D eigenvalue weighted by Gasteiger charge is 2.36. The zero-order valence-corrected chi connectivity index (χ0v) is 15.1. The molecule has 0 saturated carbocycles. The van der Waals surface area contributed by atoms with E-state index >= 15 is 0 Å². The molecule has 3 atom stereocenters. The van der Waals surface area contributed by atoms with E-state index in [1.54, 1.807) is 6.92 Å². The number of rotatable bonds is 4. The van der Waals surface area contributed by atoms with Crippen LogP contribution in [0.25, 0.3) is 0 Å². The first-order chi connectivity index (χ1) is 11.6. The first-order valence-electron chi connectivity index (χ1n) is 8.06. The average Bonchev–Trinajstić information content (AvgIpc) is 2.98. The Bertz CT molecular complexity index is 708. The van der Waals surface area contributed by atoms with Crippen molar-refractivity contribution in [3.05, 3.63) is 64.6 Å². The van der Waals surface area contributed by atoms with E-state index < -0.39 is 6.10 Å². The molecule has 0 aromatic heterocycles. The molecular weight excluding hydrogens is 368 g/mol. The third kappa shape index (κ3) is 3.62. The Kier molecular flexibility index (Phi) is 5.21. The Morgan fingerprint density at radius 1 is 1.17 bits per heavy atom. The Morgan fingerprint density at radius 3 is 2.54 bits per heavy atom. The van der Waals surface area contributed by atoms with Gasteiger partial charge in [0, 0.05) is 25.0 Å². The third-order valence-electron chi connectivity index (χ3n) is 4.39. The number of halogens is 1. The standard InChI is InChI=1S/C19H21BrN2O2/c1-13(24-18-10-6-5-9-16(18)20)19(23)22-11-15(17(21)12-22)14-7-3-2-4-8-14/h2-10,13,15,17H,11-12,21H2,1H3/t13?,15-,17+/m0/s1. The summed E-state index contributed by atoms with van der Waals surface area (Å²) in [5, 5.41) is 0. The summed E-state index contributed by atoms with van der Waals surface area (Å²) in [5.74, 6) is 0.812. The third-order valence-corrected chi connectivity index (χ3v) is 5.05. The zero-order chi connectivity index (χ0) is 17.1. The van der Waals surface area contributed by atoms with Crippen LogP contribution < -0.4 is 10.5 Å². The normalized spacial score (nSPS) is 21.5. The summed E-state index contributed by atoms with van der Waals surface area (Å²) in [5.41, 5.74) is 7.45. The van der Waals surface area contributed by atoms with Gasteiger partial charge in [-0.15, -0.1) is 0 Å². The van der Waals surface area contributed by atoms with E-state index in [1.807, 2.05) is 47.4 Å². The van der Waals surface area contributed by atoms with Gasteiger partial charge < -0.3 is 15.4 Å². The summed E-state index contributed by atoms with van der Waals surface area (Å²) in [4.78, 5) is 14.5. The van der Waals surface area contributed by atoms with E-state index in [0.29, 0.717) is 18.8 Å². The van der Waals surface area contributed by atoms with Crippen molar-refractivity contribution in [1.82, 2.24) is 4.90 Å². The van der Waals surface area contributed by atoms with Gasteiger partial charge in [-0.1, -0.05) is 42.5 Å². The maximum atomic E-state index is 12.7. The molecule has 0 aliphatic carbocycles. The molecule has 1 amide bonds. The Hall–Kier alpha value is -1.85. The maximum Gasteiger partial charge on any atom is 0.263 e. The van der Waals surface area contributed by atoms with Gasteiger partial charge >= 0.3 is 0 Å². The minimum atomic E-state index is -0.551. The molecule has 2 aromatic carbocycles. The van der Waals surface area contributed by atoms with Crippen LogP contribution in [0.2, 0.25) is 0 Å². The summed E-state index contributed by atoms with van der Waals surface area (Å²) in [6, 6.07) is 17.6. The van der Waals surface area contributed by atoms with E-state index in [4.69, 9.17) is 10.5 Å². The van der Waals surface area contributed by atoms with Gasteiger partial charge in [-0.2, -0.15) is 0 Å². The molecule has 126 valence electrons. The molecule has 0 bridgehead atoms. The van der Waals surface area contributed by atoms with Crippen LogP contribution in [0.3, 0.4) is 0 Å². The van der Waals surface area contributed by atoms with Gasteiger partial charge in [0.15, 0.2) is 6.10 Å². The van der Waals surface area contributed by atoms with Crippen LogP contribution in [-0.2, 0) is 4.79 Å². The van der Waals surface area contributed by atoms with Crippen LogP contribution >= 0.6 is 15.9 Å². The monoisotopic (exact) mass is 388 g/mol. The maximum absolute atomic E-state index is 12.7. The van der Waals surface area contributed by atoms with Crippen molar-refractivity contribution in [3.8, 4) is 5.75 Å². The highest BCUT2D eigenvalue weighted by molar-refractivity contribution is 9.10. The molecule has 5 heteroatoms. The van der Waals surface area contributed by atoms with Crippen LogP contribution in [0, 0.1) is 0 Å². The summed E-state index contributed by atoms with van der Waals surface area (Å²) in [7, 11) is 0. The molecule has 3 rings (SSSR count). The topological polar surface area (TPSA) is 55.6 Å². The van der Waals surface area contributed by atoms with Crippen molar-refractivity contribution in [2.45, 2.75) is 25.0 Å². The van der Waals surface area contributed by atoms with Crippen LogP contribution in [0.5, 0.6) is 5.75 Å². The van der Waals surface area contributed by atoms with Crippen molar-refractivity contribution in [2.75, 3.05) is 13.1 Å². The highest BCUT2D eigenvalue weighted by Crippen LogP contribution is 2.28. The fraction of sp³-hybridized carbons (Fsp3) is 0.316. The van der Waals surface area contributed by atoms with E-state index in [2.05, 4.69) is 28.1 Å². The molecule has 1 aliphatic rings. The number of hydrogen-bond donors (Lipinski definition) is 1. The van der Waals surface area contributed by atoms with E-state index in [1.165, 1.54) is 5.56 Å². The number of para-hydroxylation sites is 1. The number of benzene rings is 2. The molecule has 2 aromatic rings. The Morgan fingerprint density at radius 2 is 1.83 bits per heavy atom. The zero-order valence-electron chi connectivity index (χ0n) is 13.6. The number of carbonyl (C=O) groups excluding carboxylic acids is 1. The molecule has 0 spiro atoms. The van der Waals surface area contributed by atoms with Crippen molar-refractivity contribution >= 4 is 21.8 Å². The number of hydrogen-bond acceptors (Lipinski definition) is 3. The Balaban J connectivity index is 1.66. The molecule has 24 heavy (non-hydrogen) atoms. The fourth-order valence-electron chi connectivity index (χ4n) is 3.10. The fourth-order valence-corrected chi connectivity index (χ4v) is 3.48. The first-order valence-corrected chi connectivity index (χ1v) is 8.86. The van der Waals surface area contributed by atoms with Gasteiger partial charge in [-0.3, -0.25) is 4.79 Å². The molecule has 1 saturated heterocycles. The molecule has 4 nitrogen and oxygen atoms in total. The van der Waals surface area contributed by atoms with Crippen LogP contribution in [0.1, 0.15) is 18.4 Å². The number of nitrogens with zero attached hydrogens (tertiary/aromatic N) is 1. The number of amides is 1. The van der Waals surface area contributed by atoms with Crippen LogP contribution in [0.15, 0.2) is 59.1 Å². The minimum Gasteiger partial charge on any atom is -0.480 e. The van der Waals surface area contributed by atoms with E-state index in [9.17, 15) is 4.79 Å². The number of carbonyl (C=O) groups is 1. The highest BCUT2D eigenvalue weighted by atomic mass is 79.9. The molecule has 2 N–H and O–H groups in total. The SMILES string of the molecule is CC(Oc1ccccc1Br)C(=O)N1C[C@@H](N)[C@H](c2ccccc2)C1. The quantitative estimate of drug-likeness (QED) is 0.874. The molecule has 0 radical (unpaired) electrons. The molecular formula is C19H21BrN2O2. The predicted molar refractivity (Wildman–Crippen MR) is 98.0 cm³/mol. The van der Waals surface area contributed by atoms with Crippen molar-refractivity contribution in [2.24, 2.45) is 5.73 Å². The first kappa shape index (κ1) is 17.0. The largest absolute Gasteiger partial charge is 0.480 e. The molecule has 1 fully saturated rings. The van der Waals surface area contributed by atoms with Crippen LogP contribution in [0.4, 0.5) is 0 Å². The summed E-state index contributed by atoms with van der Waals surface area (Å²) < 4.78 is 6.65. The van der Waals surface area contributed by atoms with Gasteiger partial charge in [-0.05, 0) is 40.5 Å². The molecule has 1 aliphatic heterocycles. The molecule has 1 unspecified atom stereocenters. The summed E-state index contributed by atoms with van der Waals surface area (Å²) >= 11 is 3.44. The van der Waals surface area contributed by atoms with Gasteiger partial charge in [0.05, 0.1) is 4.47 Å². The second-order valence-electron chi connectivity index (χ2n) is 6.11. The lowest BCUT2D eigenvalue weighted by Gasteiger charge is -2.22. The lowest BCUT2D eigenvalue weighted by Crippen LogP contribution is -2.40. The van der Waals surface area contributed by atoms with Gasteiger partial charge in [-0.25, -0.2) is 0 Å². The number of likely N-dealkylation sites (tertiary alicyclic amines) is 1. The molecule has 1 heterocycles. The lowest BCUT2D eigenvalue weighted by atomic mass is 9.95. The Labute approximate surface area is 150 Å². The number of nitrogens with two attached hydrogens (primary N) is 1. The lowest BCUT2D eigenvalue weighted by molar-refractivity contribution is -0.136. The smallest absolute Gasteiger partial charge is 0.263 e. The van der Waals surface area contributed by atoms with Crippen molar-refractivity contribution in [3.63, 3.8) is 0 Å². The van der Waals surface area contributed by atoms with Gasteiger partial charge in [0.25, 0.3) is 5.91 Å². The summed E-state index contributed by atoms with van der Waals surface area (Å²) in [6.07, 6.45) is -0.551. The van der Waals surface area contributed by atoms with E-state index in [-0.39, 0.29) is 17.9 Å². The summed E-state index contributed by atoms with van der Waals surface area (Å²) in [6.45, 7) is 2.97.